The smallest absolute Gasteiger partial charge is 0.0612 e. The minimum absolute atomic E-state index is 0.388. The molecule has 0 saturated carbocycles. The number of alkyl halides is 1. The van der Waals surface area contributed by atoms with E-state index in [2.05, 4.69) is 29.2 Å². The van der Waals surface area contributed by atoms with Gasteiger partial charge in [0.1, 0.15) is 0 Å². The molecule has 54 valence electrons. The van der Waals surface area contributed by atoms with Gasteiger partial charge in [0.15, 0.2) is 0 Å². The molecule has 0 aliphatic rings. The molecule has 0 N–H and O–H groups in total. The van der Waals surface area contributed by atoms with Crippen molar-refractivity contribution in [1.82, 2.24) is 0 Å². The molecule has 0 aliphatic heterocycles. The number of methoxy groups -OCH3 is 1. The van der Waals surface area contributed by atoms with Gasteiger partial charge in [0, 0.05) is 11.5 Å². The van der Waals surface area contributed by atoms with Crippen molar-refractivity contribution in [3.8, 4) is 0 Å². The predicted octanol–water partition coefficient (Wildman–Crippen LogP) is 2.40. The first kappa shape index (κ1) is 9.43. The van der Waals surface area contributed by atoms with Gasteiger partial charge in [-0.3, -0.25) is 0 Å². The molecule has 0 spiro atoms. The van der Waals surface area contributed by atoms with Gasteiger partial charge >= 0.3 is 0 Å². The molecule has 1 nitrogen and oxygen atoms in total. The molecular weight excluding hydrogens is 227 g/mol. The molecule has 9 heavy (non-hydrogen) atoms. The van der Waals surface area contributed by atoms with Gasteiger partial charge in [-0.15, -0.1) is 6.58 Å². The van der Waals surface area contributed by atoms with Crippen molar-refractivity contribution in [2.75, 3.05) is 11.5 Å². The summed E-state index contributed by atoms with van der Waals surface area (Å²) in [5.74, 6) is 0. The van der Waals surface area contributed by atoms with Crippen LogP contribution in [0.3, 0.4) is 0 Å². The molecule has 0 amide bonds. The highest BCUT2D eigenvalue weighted by molar-refractivity contribution is 14.1. The maximum absolute atomic E-state index is 5.16. The second-order valence-corrected chi connectivity index (χ2v) is 2.94. The fraction of sp³-hybridized carbons (Fsp3) is 0.714. The van der Waals surface area contributed by atoms with Crippen LogP contribution in [0, 0.1) is 0 Å². The standard InChI is InChI=1S/C7H13IO/c1-3-4-7(9-2)5-6-8/h3,7H,1,4-6H2,2H3. The summed E-state index contributed by atoms with van der Waals surface area (Å²) < 4.78 is 6.31. The number of hydrogen-bond acceptors (Lipinski definition) is 1. The van der Waals surface area contributed by atoms with E-state index in [-0.39, 0.29) is 0 Å². The van der Waals surface area contributed by atoms with Crippen LogP contribution in [0.25, 0.3) is 0 Å². The molecule has 0 aromatic carbocycles. The van der Waals surface area contributed by atoms with Crippen LogP contribution in [-0.4, -0.2) is 17.6 Å². The number of rotatable bonds is 5. The lowest BCUT2D eigenvalue weighted by molar-refractivity contribution is 0.104. The maximum Gasteiger partial charge on any atom is 0.0612 e. The van der Waals surface area contributed by atoms with Crippen LogP contribution < -0.4 is 0 Å². The third kappa shape index (κ3) is 4.90. The second kappa shape index (κ2) is 6.55. The average molecular weight is 240 g/mol. The highest BCUT2D eigenvalue weighted by Gasteiger charge is 2.01. The van der Waals surface area contributed by atoms with Crippen molar-refractivity contribution in [3.63, 3.8) is 0 Å². The summed E-state index contributed by atoms with van der Waals surface area (Å²) in [5.41, 5.74) is 0. The third-order valence-electron chi connectivity index (χ3n) is 1.19. The Hall–Kier alpha value is 0.430. The lowest BCUT2D eigenvalue weighted by atomic mass is 10.2. The highest BCUT2D eigenvalue weighted by atomic mass is 127. The van der Waals surface area contributed by atoms with E-state index in [9.17, 15) is 0 Å². The Kier molecular flexibility index (Phi) is 6.86. The fourth-order valence-electron chi connectivity index (χ4n) is 0.640. The summed E-state index contributed by atoms with van der Waals surface area (Å²) in [6.07, 6.45) is 4.39. The summed E-state index contributed by atoms with van der Waals surface area (Å²) in [4.78, 5) is 0. The van der Waals surface area contributed by atoms with Crippen LogP contribution in [0.2, 0.25) is 0 Å². The van der Waals surface area contributed by atoms with Gasteiger partial charge < -0.3 is 4.74 Å². The Labute approximate surface area is 70.6 Å². The molecule has 0 fully saturated rings. The van der Waals surface area contributed by atoms with Gasteiger partial charge in [0.2, 0.25) is 0 Å². The van der Waals surface area contributed by atoms with Crippen molar-refractivity contribution in [1.29, 1.82) is 0 Å². The molecule has 0 saturated heterocycles. The third-order valence-corrected chi connectivity index (χ3v) is 1.82. The van der Waals surface area contributed by atoms with Gasteiger partial charge in [-0.2, -0.15) is 0 Å². The van der Waals surface area contributed by atoms with Crippen LogP contribution in [0.4, 0.5) is 0 Å². The molecule has 0 bridgehead atoms. The molecular formula is C7H13IO. The minimum Gasteiger partial charge on any atom is -0.381 e. The van der Waals surface area contributed by atoms with Crippen LogP contribution in [0.5, 0.6) is 0 Å². The lowest BCUT2D eigenvalue weighted by Crippen LogP contribution is -2.08. The summed E-state index contributed by atoms with van der Waals surface area (Å²) in [7, 11) is 1.75. The fourth-order valence-corrected chi connectivity index (χ4v) is 1.33. The van der Waals surface area contributed by atoms with E-state index in [0.29, 0.717) is 6.10 Å². The Morgan fingerprint density at radius 1 is 1.78 bits per heavy atom. The SMILES string of the molecule is C=CCC(CCI)OC. The monoisotopic (exact) mass is 240 g/mol. The minimum atomic E-state index is 0.388. The number of ether oxygens (including phenoxy) is 1. The quantitative estimate of drug-likeness (QED) is 0.407. The highest BCUT2D eigenvalue weighted by Crippen LogP contribution is 2.04. The maximum atomic E-state index is 5.16. The molecule has 0 heterocycles. The summed E-state index contributed by atoms with van der Waals surface area (Å²) in [6, 6.07) is 0. The van der Waals surface area contributed by atoms with Gasteiger partial charge in [-0.1, -0.05) is 28.7 Å². The van der Waals surface area contributed by atoms with E-state index in [4.69, 9.17) is 4.74 Å². The van der Waals surface area contributed by atoms with Gasteiger partial charge in [-0.25, -0.2) is 0 Å². The normalized spacial score (nSPS) is 13.1. The van der Waals surface area contributed by atoms with Crippen LogP contribution in [0.1, 0.15) is 12.8 Å². The summed E-state index contributed by atoms with van der Waals surface area (Å²) in [6.45, 7) is 3.65. The zero-order valence-electron chi connectivity index (χ0n) is 5.77. The van der Waals surface area contributed by atoms with E-state index < -0.39 is 0 Å². The predicted molar refractivity (Wildman–Crippen MR) is 49.1 cm³/mol. The van der Waals surface area contributed by atoms with E-state index in [1.807, 2.05) is 6.08 Å². The Bertz CT molecular complexity index is 73.3. The van der Waals surface area contributed by atoms with Crippen molar-refractivity contribution in [3.05, 3.63) is 12.7 Å². The lowest BCUT2D eigenvalue weighted by Gasteiger charge is -2.09. The van der Waals surface area contributed by atoms with Gasteiger partial charge in [-0.05, 0) is 12.8 Å². The Morgan fingerprint density at radius 3 is 2.78 bits per heavy atom. The largest absolute Gasteiger partial charge is 0.381 e. The number of halogens is 1. The van der Waals surface area contributed by atoms with Gasteiger partial charge in [0.25, 0.3) is 0 Å². The molecule has 0 radical (unpaired) electrons. The van der Waals surface area contributed by atoms with E-state index in [1.54, 1.807) is 7.11 Å². The molecule has 0 aliphatic carbocycles. The zero-order chi connectivity index (χ0) is 7.11. The van der Waals surface area contributed by atoms with E-state index in [0.717, 1.165) is 17.3 Å². The van der Waals surface area contributed by atoms with Crippen molar-refractivity contribution < 1.29 is 4.74 Å². The van der Waals surface area contributed by atoms with Crippen molar-refractivity contribution in [2.45, 2.75) is 18.9 Å². The van der Waals surface area contributed by atoms with Crippen LogP contribution in [-0.2, 0) is 4.74 Å². The summed E-state index contributed by atoms with van der Waals surface area (Å²) >= 11 is 2.35. The first-order valence-corrected chi connectivity index (χ1v) is 4.57. The first-order valence-electron chi connectivity index (χ1n) is 3.04. The number of hydrogen-bond donors (Lipinski definition) is 0. The van der Waals surface area contributed by atoms with Gasteiger partial charge in [0.05, 0.1) is 6.10 Å². The topological polar surface area (TPSA) is 9.23 Å². The van der Waals surface area contributed by atoms with Crippen LogP contribution >= 0.6 is 22.6 Å². The molecule has 0 rings (SSSR count). The molecule has 0 aromatic rings. The van der Waals surface area contributed by atoms with E-state index in [1.165, 1.54) is 0 Å². The Balaban J connectivity index is 3.28. The van der Waals surface area contributed by atoms with E-state index >= 15 is 0 Å². The van der Waals surface area contributed by atoms with Crippen LogP contribution in [0.15, 0.2) is 12.7 Å². The molecule has 1 unspecified atom stereocenters. The molecule has 2 heteroatoms. The second-order valence-electron chi connectivity index (χ2n) is 1.86. The first-order chi connectivity index (χ1) is 4.35. The Morgan fingerprint density at radius 2 is 2.44 bits per heavy atom. The van der Waals surface area contributed by atoms with Crippen molar-refractivity contribution in [2.24, 2.45) is 0 Å². The van der Waals surface area contributed by atoms with Crippen molar-refractivity contribution >= 4 is 22.6 Å². The average Bonchev–Trinajstić information content (AvgIpc) is 1.88. The molecule has 1 atom stereocenters. The summed E-state index contributed by atoms with van der Waals surface area (Å²) in [5, 5.41) is 0. The molecule has 0 aromatic heterocycles. The zero-order valence-corrected chi connectivity index (χ0v) is 7.93.